The van der Waals surface area contributed by atoms with Crippen molar-refractivity contribution in [3.05, 3.63) is 47.5 Å². The first-order valence-electron chi connectivity index (χ1n) is 13.0. The molecule has 4 heterocycles. The number of carboxylic acid groups (broad SMARTS) is 1. The molecule has 0 atom stereocenters. The number of anilines is 2. The second kappa shape index (κ2) is 15.5. The van der Waals surface area contributed by atoms with Crippen LogP contribution < -0.4 is 52.6 Å². The number of hydrogen-bond donors (Lipinski definition) is 2. The molecular weight excluding hydrogens is 530 g/mol. The molecule has 6 rings (SSSR count). The van der Waals surface area contributed by atoms with Crippen LogP contribution in [0.2, 0.25) is 0 Å². The first-order chi connectivity index (χ1) is 18.8. The summed E-state index contributed by atoms with van der Waals surface area (Å²) in [5.74, 6) is 0.359. The van der Waals surface area contributed by atoms with E-state index in [1.165, 1.54) is 7.11 Å². The Bertz CT molecular complexity index is 1480. The second-order valence-corrected chi connectivity index (χ2v) is 9.97. The number of benzene rings is 2. The van der Waals surface area contributed by atoms with Crippen molar-refractivity contribution in [2.75, 3.05) is 83.4 Å². The zero-order valence-electron chi connectivity index (χ0n) is 24.9. The van der Waals surface area contributed by atoms with Crippen molar-refractivity contribution in [2.24, 2.45) is 0 Å². The van der Waals surface area contributed by atoms with Crippen LogP contribution in [0.3, 0.4) is 0 Å². The number of carbonyl (C=O) groups excluding carboxylic acids is 2. The summed E-state index contributed by atoms with van der Waals surface area (Å²) in [6.07, 6.45) is 0. The minimum absolute atomic E-state index is 0. The average Bonchev–Trinajstić information content (AvgIpc) is 3.57. The van der Waals surface area contributed by atoms with Gasteiger partial charge in [0.2, 0.25) is 0 Å². The maximum Gasteiger partial charge on any atom is 1.00 e. The molecular formula is C27H34Li2N8O5. The van der Waals surface area contributed by atoms with Crippen molar-refractivity contribution in [2.45, 2.75) is 0 Å². The molecule has 0 unspecified atom stereocenters. The first kappa shape index (κ1) is 35.2. The second-order valence-electron chi connectivity index (χ2n) is 9.97. The Hall–Kier alpha value is -3.01. The maximum atomic E-state index is 11.5. The largest absolute Gasteiger partial charge is 1.00 e. The number of nitrogens with zero attached hydrogens (tertiary/aromatic N) is 6. The molecule has 0 bridgehead atoms. The number of aromatic amines is 2. The fourth-order valence-electron chi connectivity index (χ4n) is 4.90. The van der Waals surface area contributed by atoms with Crippen molar-refractivity contribution in [3.63, 3.8) is 0 Å². The maximum absolute atomic E-state index is 11.5. The minimum Gasteiger partial charge on any atom is -0.870 e. The van der Waals surface area contributed by atoms with Crippen molar-refractivity contribution >= 4 is 45.4 Å². The number of rotatable bonds is 4. The van der Waals surface area contributed by atoms with Gasteiger partial charge in [0, 0.05) is 63.1 Å². The smallest absolute Gasteiger partial charge is 0.870 e. The van der Waals surface area contributed by atoms with Gasteiger partial charge in [-0.2, -0.15) is 10.2 Å². The van der Waals surface area contributed by atoms with E-state index < -0.39 is 5.97 Å². The molecule has 2 aromatic carbocycles. The monoisotopic (exact) mass is 564 g/mol. The van der Waals surface area contributed by atoms with Crippen LogP contribution in [0.4, 0.5) is 11.6 Å². The van der Waals surface area contributed by atoms with Gasteiger partial charge in [-0.3, -0.25) is 10.2 Å². The van der Waals surface area contributed by atoms with Gasteiger partial charge < -0.3 is 39.7 Å². The molecule has 2 aliphatic rings. The van der Waals surface area contributed by atoms with Crippen molar-refractivity contribution in [1.29, 1.82) is 0 Å². The molecule has 13 nitrogen and oxygen atoms in total. The van der Waals surface area contributed by atoms with E-state index >= 15 is 0 Å². The Labute approximate surface area is 268 Å². The number of aromatic carboxylic acids is 1. The molecule has 42 heavy (non-hydrogen) atoms. The Kier molecular flexibility index (Phi) is 13.0. The zero-order valence-corrected chi connectivity index (χ0v) is 24.9. The van der Waals surface area contributed by atoms with E-state index in [1.54, 1.807) is 30.3 Å². The third-order valence-electron chi connectivity index (χ3n) is 7.35. The molecule has 4 aromatic rings. The van der Waals surface area contributed by atoms with Crippen molar-refractivity contribution in [3.8, 4) is 0 Å². The van der Waals surface area contributed by atoms with Gasteiger partial charge in [0.25, 0.3) is 0 Å². The summed E-state index contributed by atoms with van der Waals surface area (Å²) in [6.45, 7) is 7.88. The van der Waals surface area contributed by atoms with Gasteiger partial charge in [-0.25, -0.2) is 4.79 Å². The van der Waals surface area contributed by atoms with Gasteiger partial charge >= 0.3 is 43.7 Å². The van der Waals surface area contributed by atoms with E-state index in [0.29, 0.717) is 5.56 Å². The third-order valence-corrected chi connectivity index (χ3v) is 7.35. The zero-order chi connectivity index (χ0) is 27.5. The fraction of sp³-hybridized carbons (Fsp3) is 0.407. The standard InChI is InChI=1S/C14H18N4O2.C13H16N4O2.2Li.H2O/c1-17-5-7-18(8-6-17)13-11-4-3-10(14(19)20-2)9-12(11)15-16-13;1-16-4-6-17(7-5-16)12-10-3-2-9(13(18)19)8-11(10)14-15-12;;;/h3-4,9H,5-8H2,1-2H3,(H,15,16);2-3,8H,4-7H2,1H3,(H,14,15)(H,18,19);;;1H2/q;;2*+1;/p-2. The Morgan fingerprint density at radius 2 is 1.14 bits per heavy atom. The van der Waals surface area contributed by atoms with Crippen LogP contribution >= 0.6 is 0 Å². The Morgan fingerprint density at radius 3 is 1.55 bits per heavy atom. The summed E-state index contributed by atoms with van der Waals surface area (Å²) in [6, 6.07) is 10.4. The van der Waals surface area contributed by atoms with Crippen LogP contribution in [0.5, 0.6) is 0 Å². The topological polar surface area (TPSA) is 167 Å². The van der Waals surface area contributed by atoms with E-state index in [9.17, 15) is 14.7 Å². The number of esters is 1. The summed E-state index contributed by atoms with van der Waals surface area (Å²) >= 11 is 0. The minimum atomic E-state index is -1.17. The number of likely N-dealkylation sites (N-methyl/N-ethyl adjacent to an activating group) is 2. The van der Waals surface area contributed by atoms with E-state index in [2.05, 4.69) is 54.1 Å². The van der Waals surface area contributed by atoms with E-state index in [-0.39, 0.29) is 54.7 Å². The molecule has 15 heteroatoms. The van der Waals surface area contributed by atoms with Crippen LogP contribution in [-0.2, 0) is 4.74 Å². The number of aromatic nitrogens is 4. The van der Waals surface area contributed by atoms with Crippen LogP contribution in [0, 0.1) is 0 Å². The predicted octanol–water partition coefficient (Wildman–Crippen LogP) is -5.39. The molecule has 0 aliphatic carbocycles. The van der Waals surface area contributed by atoms with Crippen LogP contribution in [-0.4, -0.2) is 121 Å². The molecule has 0 saturated carbocycles. The number of fused-ring (bicyclic) bond motifs is 2. The molecule has 2 aliphatic heterocycles. The Balaban J connectivity index is 0.000000274. The molecule has 0 amide bonds. The molecule has 2 fully saturated rings. The quantitative estimate of drug-likeness (QED) is 0.179. The molecule has 0 spiro atoms. The van der Waals surface area contributed by atoms with E-state index in [4.69, 9.17) is 4.74 Å². The summed E-state index contributed by atoms with van der Waals surface area (Å²) in [7, 11) is 5.61. The number of nitrogens with one attached hydrogen (secondary N) is 2. The summed E-state index contributed by atoms with van der Waals surface area (Å²) in [5, 5.41) is 27.4. The van der Waals surface area contributed by atoms with Gasteiger partial charge in [-0.15, -0.1) is 0 Å². The molecule has 2 saturated heterocycles. The predicted molar refractivity (Wildman–Crippen MR) is 149 cm³/mol. The summed E-state index contributed by atoms with van der Waals surface area (Å²) < 4.78 is 4.73. The third kappa shape index (κ3) is 7.68. The number of H-pyrrole nitrogens is 2. The molecule has 2 aromatic heterocycles. The Morgan fingerprint density at radius 1 is 0.738 bits per heavy atom. The van der Waals surface area contributed by atoms with Gasteiger partial charge in [0.15, 0.2) is 11.6 Å². The molecule has 0 radical (unpaired) electrons. The SMILES string of the molecule is CN1CCN(c2n[nH]c3cc(C(=O)[O-])ccc23)CC1.COC(=O)c1ccc2c(N3CCN(C)CC3)n[nH]c2c1.[Li+].[Li+].[OH-]. The molecule has 214 valence electrons. The number of piperazine rings is 2. The van der Waals surface area contributed by atoms with Crippen molar-refractivity contribution < 1.29 is 62.6 Å². The van der Waals surface area contributed by atoms with Crippen LogP contribution in [0.15, 0.2) is 36.4 Å². The van der Waals surface area contributed by atoms with Crippen LogP contribution in [0.1, 0.15) is 20.7 Å². The van der Waals surface area contributed by atoms with E-state index in [0.717, 1.165) is 85.8 Å². The normalized spacial score (nSPS) is 15.6. The van der Waals surface area contributed by atoms with Crippen LogP contribution in [0.25, 0.3) is 21.8 Å². The van der Waals surface area contributed by atoms with E-state index in [1.807, 2.05) is 6.07 Å². The average molecular weight is 565 g/mol. The van der Waals surface area contributed by atoms with Gasteiger partial charge in [0.05, 0.1) is 29.7 Å². The number of hydrogen-bond acceptors (Lipinski definition) is 11. The molecule has 3 N–H and O–H groups in total. The summed E-state index contributed by atoms with van der Waals surface area (Å²) in [4.78, 5) is 31.4. The van der Waals surface area contributed by atoms with Gasteiger partial charge in [-0.05, 0) is 50.0 Å². The van der Waals surface area contributed by atoms with Crippen molar-refractivity contribution in [1.82, 2.24) is 30.2 Å². The number of carboxylic acids is 1. The summed E-state index contributed by atoms with van der Waals surface area (Å²) in [5.41, 5.74) is 2.30. The number of ether oxygens (including phenoxy) is 1. The van der Waals surface area contributed by atoms with Gasteiger partial charge in [0.1, 0.15) is 0 Å². The fourth-order valence-corrected chi connectivity index (χ4v) is 4.90. The first-order valence-corrected chi connectivity index (χ1v) is 13.0. The number of carbonyl (C=O) groups is 2. The number of methoxy groups -OCH3 is 1. The van der Waals surface area contributed by atoms with Gasteiger partial charge in [-0.1, -0.05) is 6.07 Å².